The zero-order valence-corrected chi connectivity index (χ0v) is 13.7. The van der Waals surface area contributed by atoms with Crippen molar-refractivity contribution < 1.29 is 14.0 Å². The molecule has 6 heteroatoms. The first kappa shape index (κ1) is 17.1. The van der Waals surface area contributed by atoms with Crippen LogP contribution < -0.4 is 16.0 Å². The van der Waals surface area contributed by atoms with E-state index < -0.39 is 5.82 Å². The molecule has 1 unspecified atom stereocenters. The minimum Gasteiger partial charge on any atom is -0.325 e. The first-order valence-corrected chi connectivity index (χ1v) is 8.29. The monoisotopic (exact) mass is 341 g/mol. The van der Waals surface area contributed by atoms with E-state index in [1.54, 1.807) is 0 Å². The molecule has 1 saturated heterocycles. The lowest BCUT2D eigenvalue weighted by Crippen LogP contribution is -2.35. The number of hydrogen-bond acceptors (Lipinski definition) is 3. The van der Waals surface area contributed by atoms with E-state index in [-0.39, 0.29) is 30.0 Å². The third-order valence-electron chi connectivity index (χ3n) is 4.09. The smallest absolute Gasteiger partial charge is 0.241 e. The summed E-state index contributed by atoms with van der Waals surface area (Å²) < 4.78 is 14.0. The summed E-state index contributed by atoms with van der Waals surface area (Å²) in [6.07, 6.45) is 1.90. The quantitative estimate of drug-likeness (QED) is 0.783. The maximum absolute atomic E-state index is 14.0. The summed E-state index contributed by atoms with van der Waals surface area (Å²) >= 11 is 0. The summed E-state index contributed by atoms with van der Waals surface area (Å²) in [7, 11) is 0. The van der Waals surface area contributed by atoms with Crippen LogP contribution in [0.2, 0.25) is 0 Å². The van der Waals surface area contributed by atoms with Crippen molar-refractivity contribution in [2.24, 2.45) is 0 Å². The summed E-state index contributed by atoms with van der Waals surface area (Å²) in [5.41, 5.74) is 1.35. The summed E-state index contributed by atoms with van der Waals surface area (Å²) in [6, 6.07) is 13.2. The van der Waals surface area contributed by atoms with E-state index in [9.17, 15) is 14.0 Å². The van der Waals surface area contributed by atoms with E-state index >= 15 is 0 Å². The molecule has 2 aromatic rings. The van der Waals surface area contributed by atoms with Crippen molar-refractivity contribution in [1.29, 1.82) is 0 Å². The van der Waals surface area contributed by atoms with Crippen LogP contribution in [0.25, 0.3) is 0 Å². The van der Waals surface area contributed by atoms with Gasteiger partial charge in [0.2, 0.25) is 11.8 Å². The fraction of sp³-hybridized carbons (Fsp3) is 0.263. The Hall–Kier alpha value is -2.73. The Morgan fingerprint density at radius 1 is 1.12 bits per heavy atom. The molecule has 0 radical (unpaired) electrons. The van der Waals surface area contributed by atoms with E-state index in [1.165, 1.54) is 18.2 Å². The van der Waals surface area contributed by atoms with Gasteiger partial charge in [-0.1, -0.05) is 30.3 Å². The minimum absolute atomic E-state index is 0.0538. The Bertz CT molecular complexity index is 759. The molecule has 0 saturated carbocycles. The van der Waals surface area contributed by atoms with Gasteiger partial charge in [-0.05, 0) is 43.1 Å². The van der Waals surface area contributed by atoms with Gasteiger partial charge in [-0.3, -0.25) is 9.59 Å². The molecule has 1 aliphatic heterocycles. The van der Waals surface area contributed by atoms with Crippen molar-refractivity contribution in [3.05, 3.63) is 59.9 Å². The molecular formula is C19H20FN3O2. The third-order valence-corrected chi connectivity index (χ3v) is 4.09. The predicted molar refractivity (Wildman–Crippen MR) is 94.8 cm³/mol. The second kappa shape index (κ2) is 7.90. The number of anilines is 2. The molecule has 3 N–H and O–H groups in total. The van der Waals surface area contributed by atoms with Crippen LogP contribution in [0.5, 0.6) is 0 Å². The number of amides is 2. The number of hydrogen-bond donors (Lipinski definition) is 3. The zero-order valence-electron chi connectivity index (χ0n) is 13.7. The van der Waals surface area contributed by atoms with Gasteiger partial charge in [0.1, 0.15) is 5.82 Å². The molecule has 2 amide bonds. The molecule has 25 heavy (non-hydrogen) atoms. The van der Waals surface area contributed by atoms with Crippen LogP contribution in [0.15, 0.2) is 48.5 Å². The first-order valence-electron chi connectivity index (χ1n) is 8.29. The standard InChI is InChI=1S/C19H20FN3O2/c20-15-9-8-14(22-19(25)16-7-4-10-21-16)12-17(15)23-18(24)11-13-5-2-1-3-6-13/h1-3,5-6,8-9,12,16,21H,4,7,10-11H2,(H,22,25)(H,23,24). The van der Waals surface area contributed by atoms with Crippen LogP contribution in [0.4, 0.5) is 15.8 Å². The van der Waals surface area contributed by atoms with Gasteiger partial charge in [-0.15, -0.1) is 0 Å². The van der Waals surface area contributed by atoms with E-state index in [1.807, 2.05) is 30.3 Å². The van der Waals surface area contributed by atoms with E-state index in [4.69, 9.17) is 0 Å². The molecule has 1 fully saturated rings. The maximum atomic E-state index is 14.0. The third kappa shape index (κ3) is 4.64. The van der Waals surface area contributed by atoms with E-state index in [2.05, 4.69) is 16.0 Å². The minimum atomic E-state index is -0.543. The summed E-state index contributed by atoms with van der Waals surface area (Å²) in [5.74, 6) is -1.00. The molecule has 1 atom stereocenters. The SMILES string of the molecule is O=C(Cc1ccccc1)Nc1cc(NC(=O)C2CCCN2)ccc1F. The maximum Gasteiger partial charge on any atom is 0.241 e. The number of halogens is 1. The van der Waals surface area contributed by atoms with Gasteiger partial charge in [-0.2, -0.15) is 0 Å². The van der Waals surface area contributed by atoms with Gasteiger partial charge in [0.05, 0.1) is 18.2 Å². The second-order valence-corrected chi connectivity index (χ2v) is 6.04. The second-order valence-electron chi connectivity index (χ2n) is 6.04. The van der Waals surface area contributed by atoms with Gasteiger partial charge in [0, 0.05) is 5.69 Å². The average molecular weight is 341 g/mol. The molecule has 1 aliphatic rings. The first-order chi connectivity index (χ1) is 12.1. The largest absolute Gasteiger partial charge is 0.325 e. The van der Waals surface area contributed by atoms with E-state index in [0.29, 0.717) is 5.69 Å². The average Bonchev–Trinajstić information content (AvgIpc) is 3.13. The lowest BCUT2D eigenvalue weighted by atomic mass is 10.1. The van der Waals surface area contributed by atoms with Crippen LogP contribution in [-0.2, 0) is 16.0 Å². The molecule has 0 bridgehead atoms. The number of benzene rings is 2. The number of carbonyl (C=O) groups is 2. The Morgan fingerprint density at radius 2 is 1.92 bits per heavy atom. The van der Waals surface area contributed by atoms with Crippen LogP contribution in [0.1, 0.15) is 18.4 Å². The Labute approximate surface area is 145 Å². The van der Waals surface area contributed by atoms with Crippen molar-refractivity contribution in [2.75, 3.05) is 17.2 Å². The number of rotatable bonds is 5. The molecule has 0 aliphatic carbocycles. The highest BCUT2D eigenvalue weighted by Gasteiger charge is 2.22. The van der Waals surface area contributed by atoms with Crippen LogP contribution in [0.3, 0.4) is 0 Å². The Morgan fingerprint density at radius 3 is 2.64 bits per heavy atom. The van der Waals surface area contributed by atoms with E-state index in [0.717, 1.165) is 24.9 Å². The van der Waals surface area contributed by atoms with Crippen molar-refractivity contribution in [2.45, 2.75) is 25.3 Å². The fourth-order valence-electron chi connectivity index (χ4n) is 2.81. The lowest BCUT2D eigenvalue weighted by Gasteiger charge is -2.13. The molecule has 0 aromatic heterocycles. The van der Waals surface area contributed by atoms with Crippen molar-refractivity contribution >= 4 is 23.2 Å². The van der Waals surface area contributed by atoms with Gasteiger partial charge in [-0.25, -0.2) is 4.39 Å². The number of nitrogens with one attached hydrogen (secondary N) is 3. The van der Waals surface area contributed by atoms with Crippen LogP contribution in [-0.4, -0.2) is 24.4 Å². The van der Waals surface area contributed by atoms with Crippen LogP contribution in [0, 0.1) is 5.82 Å². The zero-order chi connectivity index (χ0) is 17.6. The lowest BCUT2D eigenvalue weighted by molar-refractivity contribution is -0.118. The van der Waals surface area contributed by atoms with Crippen molar-refractivity contribution in [3.63, 3.8) is 0 Å². The molecular weight excluding hydrogens is 321 g/mol. The van der Waals surface area contributed by atoms with Gasteiger partial charge < -0.3 is 16.0 Å². The molecule has 130 valence electrons. The highest BCUT2D eigenvalue weighted by atomic mass is 19.1. The van der Waals surface area contributed by atoms with Crippen LogP contribution >= 0.6 is 0 Å². The van der Waals surface area contributed by atoms with Gasteiger partial charge in [0.15, 0.2) is 0 Å². The Balaban J connectivity index is 1.64. The summed E-state index contributed by atoms with van der Waals surface area (Å²) in [6.45, 7) is 0.822. The Kier molecular flexibility index (Phi) is 5.40. The van der Waals surface area contributed by atoms with Gasteiger partial charge in [0.25, 0.3) is 0 Å². The highest BCUT2D eigenvalue weighted by Crippen LogP contribution is 2.21. The van der Waals surface area contributed by atoms with Crippen molar-refractivity contribution in [3.8, 4) is 0 Å². The predicted octanol–water partition coefficient (Wildman–Crippen LogP) is 2.70. The van der Waals surface area contributed by atoms with Crippen molar-refractivity contribution in [1.82, 2.24) is 5.32 Å². The number of carbonyl (C=O) groups excluding carboxylic acids is 2. The van der Waals surface area contributed by atoms with Gasteiger partial charge >= 0.3 is 0 Å². The molecule has 2 aromatic carbocycles. The normalized spacial score (nSPS) is 16.4. The summed E-state index contributed by atoms with van der Waals surface area (Å²) in [5, 5.41) is 8.42. The molecule has 1 heterocycles. The molecule has 3 rings (SSSR count). The molecule has 5 nitrogen and oxygen atoms in total. The topological polar surface area (TPSA) is 70.2 Å². The molecule has 0 spiro atoms. The summed E-state index contributed by atoms with van der Waals surface area (Å²) in [4.78, 5) is 24.2. The highest BCUT2D eigenvalue weighted by molar-refractivity contribution is 5.97. The fourth-order valence-corrected chi connectivity index (χ4v) is 2.81.